The van der Waals surface area contributed by atoms with Gasteiger partial charge in [-0.1, -0.05) is 23.7 Å². The highest BCUT2D eigenvalue weighted by molar-refractivity contribution is 7.90. The highest BCUT2D eigenvalue weighted by atomic mass is 35.5. The SMILES string of the molecule is COc1ccc(Cl)cc1C(=O)NCCc1ccc(S(=O)(=O)NC(=O)NN2CCC2(C)C)cc1. The lowest BCUT2D eigenvalue weighted by molar-refractivity contribution is -0.0190. The van der Waals surface area contributed by atoms with Crippen molar-refractivity contribution in [3.63, 3.8) is 0 Å². The van der Waals surface area contributed by atoms with Crippen LogP contribution in [0.15, 0.2) is 47.4 Å². The van der Waals surface area contributed by atoms with Gasteiger partial charge in [-0.3, -0.25) is 10.2 Å². The zero-order valence-electron chi connectivity index (χ0n) is 18.6. The Morgan fingerprint density at radius 3 is 2.42 bits per heavy atom. The summed E-state index contributed by atoms with van der Waals surface area (Å²) in [5.41, 5.74) is 3.51. The third kappa shape index (κ3) is 6.16. The van der Waals surface area contributed by atoms with Crippen LogP contribution >= 0.6 is 11.6 Å². The first-order chi connectivity index (χ1) is 15.5. The van der Waals surface area contributed by atoms with E-state index in [1.165, 1.54) is 25.3 Å². The molecule has 0 aromatic heterocycles. The average molecular weight is 495 g/mol. The number of benzene rings is 2. The van der Waals surface area contributed by atoms with E-state index in [-0.39, 0.29) is 16.3 Å². The molecule has 1 fully saturated rings. The quantitative estimate of drug-likeness (QED) is 0.519. The largest absolute Gasteiger partial charge is 0.496 e. The molecule has 0 radical (unpaired) electrons. The van der Waals surface area contributed by atoms with Crippen molar-refractivity contribution in [3.8, 4) is 5.75 Å². The molecule has 0 bridgehead atoms. The summed E-state index contributed by atoms with van der Waals surface area (Å²) in [7, 11) is -2.54. The number of hydrazine groups is 1. The summed E-state index contributed by atoms with van der Waals surface area (Å²) in [6.45, 7) is 4.90. The summed E-state index contributed by atoms with van der Waals surface area (Å²) in [6.07, 6.45) is 1.39. The van der Waals surface area contributed by atoms with Crippen LogP contribution in [0.3, 0.4) is 0 Å². The van der Waals surface area contributed by atoms with Gasteiger partial charge in [-0.25, -0.2) is 22.9 Å². The van der Waals surface area contributed by atoms with Crippen LogP contribution in [0.5, 0.6) is 5.75 Å². The number of nitrogens with zero attached hydrogens (tertiary/aromatic N) is 1. The number of carbonyl (C=O) groups is 2. The smallest absolute Gasteiger partial charge is 0.343 e. The lowest BCUT2D eigenvalue weighted by Gasteiger charge is -2.47. The second kappa shape index (κ2) is 9.98. The number of carbonyl (C=O) groups excluding carboxylic acids is 2. The molecule has 0 spiro atoms. The van der Waals surface area contributed by atoms with Crippen LogP contribution < -0.4 is 20.2 Å². The Morgan fingerprint density at radius 2 is 1.85 bits per heavy atom. The van der Waals surface area contributed by atoms with E-state index in [9.17, 15) is 18.0 Å². The van der Waals surface area contributed by atoms with Crippen molar-refractivity contribution < 1.29 is 22.7 Å². The Bertz CT molecular complexity index is 1140. The van der Waals surface area contributed by atoms with Crippen molar-refractivity contribution in [3.05, 3.63) is 58.6 Å². The molecule has 1 saturated heterocycles. The first-order valence-corrected chi connectivity index (χ1v) is 12.2. The molecule has 2 aromatic carbocycles. The molecule has 11 heteroatoms. The monoisotopic (exact) mass is 494 g/mol. The van der Waals surface area contributed by atoms with Crippen LogP contribution in [0.1, 0.15) is 36.2 Å². The molecule has 2 aromatic rings. The zero-order chi connectivity index (χ0) is 24.2. The Labute approximate surface area is 198 Å². The van der Waals surface area contributed by atoms with Crippen LogP contribution in [0, 0.1) is 0 Å². The van der Waals surface area contributed by atoms with E-state index in [0.29, 0.717) is 35.8 Å². The molecular weight excluding hydrogens is 468 g/mol. The number of rotatable bonds is 8. The van der Waals surface area contributed by atoms with Crippen LogP contribution in [0.25, 0.3) is 0 Å². The molecule has 33 heavy (non-hydrogen) atoms. The minimum Gasteiger partial charge on any atom is -0.496 e. The van der Waals surface area contributed by atoms with Gasteiger partial charge in [-0.15, -0.1) is 0 Å². The number of ether oxygens (including phenoxy) is 1. The molecule has 1 aliphatic heterocycles. The van der Waals surface area contributed by atoms with E-state index in [1.54, 1.807) is 29.3 Å². The van der Waals surface area contributed by atoms with Crippen LogP contribution in [-0.4, -0.2) is 51.1 Å². The van der Waals surface area contributed by atoms with Crippen molar-refractivity contribution in [1.29, 1.82) is 0 Å². The highest BCUT2D eigenvalue weighted by Gasteiger charge is 2.37. The number of sulfonamides is 1. The molecule has 3 N–H and O–H groups in total. The molecule has 178 valence electrons. The summed E-state index contributed by atoms with van der Waals surface area (Å²) in [4.78, 5) is 24.5. The number of amides is 3. The van der Waals surface area contributed by atoms with Gasteiger partial charge < -0.3 is 10.1 Å². The van der Waals surface area contributed by atoms with Crippen LogP contribution in [-0.2, 0) is 16.4 Å². The minimum atomic E-state index is -4.01. The minimum absolute atomic E-state index is 0.0306. The lowest BCUT2D eigenvalue weighted by Crippen LogP contribution is -2.64. The van der Waals surface area contributed by atoms with E-state index >= 15 is 0 Å². The van der Waals surface area contributed by atoms with Gasteiger partial charge in [0.1, 0.15) is 5.75 Å². The molecule has 3 amide bonds. The molecule has 0 unspecified atom stereocenters. The number of halogens is 1. The average Bonchev–Trinajstić information content (AvgIpc) is 2.76. The third-order valence-corrected chi connectivity index (χ3v) is 7.06. The van der Waals surface area contributed by atoms with Crippen molar-refractivity contribution >= 4 is 33.6 Å². The number of nitrogens with one attached hydrogen (secondary N) is 3. The number of hydrogen-bond donors (Lipinski definition) is 3. The summed E-state index contributed by atoms with van der Waals surface area (Å²) >= 11 is 5.96. The number of hydrogen-bond acceptors (Lipinski definition) is 6. The summed E-state index contributed by atoms with van der Waals surface area (Å²) in [5, 5.41) is 4.90. The molecule has 3 rings (SSSR count). The third-order valence-electron chi connectivity index (χ3n) is 5.48. The first kappa shape index (κ1) is 24.8. The van der Waals surface area contributed by atoms with Crippen molar-refractivity contribution in [2.45, 2.75) is 37.1 Å². The summed E-state index contributed by atoms with van der Waals surface area (Å²) in [5.74, 6) is 0.0924. The molecular formula is C22H27ClN4O5S. The lowest BCUT2D eigenvalue weighted by atomic mass is 9.92. The predicted octanol–water partition coefficient (Wildman–Crippen LogP) is 2.71. The maximum Gasteiger partial charge on any atom is 0.343 e. The standard InChI is InChI=1S/C22H27ClN4O5S/c1-22(2)11-13-27(22)25-21(29)26-33(30,31)17-7-4-15(5-8-17)10-12-24-20(28)18-14-16(23)6-9-19(18)32-3/h4-9,14H,10-13H2,1-3H3,(H,24,28)(H2,25,26,29). The molecule has 1 heterocycles. The van der Waals surface area contributed by atoms with Gasteiger partial charge in [0.15, 0.2) is 0 Å². The second-order valence-corrected chi connectivity index (χ2v) is 10.4. The normalized spacial score (nSPS) is 15.3. The predicted molar refractivity (Wildman–Crippen MR) is 125 cm³/mol. The topological polar surface area (TPSA) is 117 Å². The summed E-state index contributed by atoms with van der Waals surface area (Å²) in [6, 6.07) is 10.1. The maximum atomic E-state index is 12.5. The van der Waals surface area contributed by atoms with E-state index in [0.717, 1.165) is 12.0 Å². The Hall–Kier alpha value is -2.82. The van der Waals surface area contributed by atoms with Gasteiger partial charge >= 0.3 is 6.03 Å². The van der Waals surface area contributed by atoms with Gasteiger partial charge in [-0.05, 0) is 62.6 Å². The van der Waals surface area contributed by atoms with E-state index in [1.807, 2.05) is 18.6 Å². The van der Waals surface area contributed by atoms with Gasteiger partial charge in [0.25, 0.3) is 15.9 Å². The fourth-order valence-electron chi connectivity index (χ4n) is 3.31. The molecule has 9 nitrogen and oxygen atoms in total. The van der Waals surface area contributed by atoms with Gasteiger partial charge in [0, 0.05) is 23.7 Å². The van der Waals surface area contributed by atoms with Gasteiger partial charge in [-0.2, -0.15) is 0 Å². The number of methoxy groups -OCH3 is 1. The molecule has 0 atom stereocenters. The van der Waals surface area contributed by atoms with Gasteiger partial charge in [0.2, 0.25) is 0 Å². The van der Waals surface area contributed by atoms with E-state index in [4.69, 9.17) is 16.3 Å². The van der Waals surface area contributed by atoms with Crippen molar-refractivity contribution in [2.24, 2.45) is 0 Å². The fourth-order valence-corrected chi connectivity index (χ4v) is 4.39. The Balaban J connectivity index is 1.53. The zero-order valence-corrected chi connectivity index (χ0v) is 20.2. The number of urea groups is 1. The molecule has 1 aliphatic rings. The Kier molecular flexibility index (Phi) is 7.51. The Morgan fingerprint density at radius 1 is 1.15 bits per heavy atom. The van der Waals surface area contributed by atoms with Crippen molar-refractivity contribution in [2.75, 3.05) is 20.2 Å². The summed E-state index contributed by atoms with van der Waals surface area (Å²) < 4.78 is 32.2. The second-order valence-electron chi connectivity index (χ2n) is 8.25. The highest BCUT2D eigenvalue weighted by Crippen LogP contribution is 2.26. The fraction of sp³-hybridized carbons (Fsp3) is 0.364. The van der Waals surface area contributed by atoms with Crippen LogP contribution in [0.4, 0.5) is 4.79 Å². The molecule has 0 saturated carbocycles. The van der Waals surface area contributed by atoms with Gasteiger partial charge in [0.05, 0.1) is 17.6 Å². The van der Waals surface area contributed by atoms with E-state index in [2.05, 4.69) is 10.7 Å². The van der Waals surface area contributed by atoms with Crippen molar-refractivity contribution in [1.82, 2.24) is 20.5 Å². The maximum absolute atomic E-state index is 12.5. The van der Waals surface area contributed by atoms with E-state index < -0.39 is 16.1 Å². The first-order valence-electron chi connectivity index (χ1n) is 10.3. The molecule has 0 aliphatic carbocycles. The van der Waals surface area contributed by atoms with Crippen LogP contribution in [0.2, 0.25) is 5.02 Å².